The van der Waals surface area contributed by atoms with Gasteiger partial charge in [0.25, 0.3) is 0 Å². The van der Waals surface area contributed by atoms with E-state index in [0.29, 0.717) is 22.7 Å². The van der Waals surface area contributed by atoms with E-state index in [0.717, 1.165) is 56.6 Å². The maximum atomic E-state index is 12.6. The van der Waals surface area contributed by atoms with Gasteiger partial charge in [-0.25, -0.2) is 9.59 Å². The zero-order valence-electron chi connectivity index (χ0n) is 34.6. The number of carboxylic acid groups (broad SMARTS) is 1. The van der Waals surface area contributed by atoms with Crippen molar-refractivity contribution in [3.8, 4) is 11.5 Å². The number of para-hydroxylation sites is 2. The number of carbonyl (C=O) groups is 2. The number of nitrogens with one attached hydrogen (secondary N) is 2. The van der Waals surface area contributed by atoms with E-state index in [-0.39, 0.29) is 5.75 Å². The molecule has 0 aromatic heterocycles. The molecule has 0 aliphatic heterocycles. The van der Waals surface area contributed by atoms with E-state index in [2.05, 4.69) is 74.0 Å². The van der Waals surface area contributed by atoms with Crippen LogP contribution in [0.25, 0.3) is 0 Å². The second kappa shape index (κ2) is 19.6. The van der Waals surface area contributed by atoms with Gasteiger partial charge >= 0.3 is 12.2 Å². The number of hydrogen-bond acceptors (Lipinski definition) is 8. The summed E-state index contributed by atoms with van der Waals surface area (Å²) in [5.41, 5.74) is 10.6. The normalized spacial score (nSPS) is 11.0. The van der Waals surface area contributed by atoms with Crippen LogP contribution in [0.4, 0.5) is 66.5 Å². The summed E-state index contributed by atoms with van der Waals surface area (Å²) in [5, 5.41) is 23.7. The minimum absolute atomic E-state index is 0.207. The Bertz CT molecular complexity index is 2850. The first kappa shape index (κ1) is 41.8. The molecule has 0 spiro atoms. The fourth-order valence-corrected chi connectivity index (χ4v) is 6.86. The van der Waals surface area contributed by atoms with E-state index in [4.69, 9.17) is 14.8 Å². The number of hydrogen-bond donors (Lipinski definition) is 4. The van der Waals surface area contributed by atoms with Gasteiger partial charge in [0.2, 0.25) is 0 Å². The number of nitrogens with zero attached hydrogens (tertiary/aromatic N) is 4. The Hall–Kier alpha value is -8.96. The molecule has 0 heterocycles. The fraction of sp³-hybridized carbons (Fsp3) is 0.0189. The van der Waals surface area contributed by atoms with Gasteiger partial charge in [0.15, 0.2) is 0 Å². The van der Waals surface area contributed by atoms with Gasteiger partial charge in [-0.2, -0.15) is 0 Å². The Morgan fingerprint density at radius 2 is 0.938 bits per heavy atom. The van der Waals surface area contributed by atoms with Gasteiger partial charge in [-0.05, 0) is 181 Å². The van der Waals surface area contributed by atoms with Crippen molar-refractivity contribution < 1.29 is 24.5 Å². The lowest BCUT2D eigenvalue weighted by Gasteiger charge is -2.28. The minimum atomic E-state index is -1.20. The van der Waals surface area contributed by atoms with Crippen molar-refractivity contribution in [1.29, 1.82) is 0 Å². The summed E-state index contributed by atoms with van der Waals surface area (Å²) >= 11 is 0. The highest BCUT2D eigenvalue weighted by Gasteiger charge is 2.16. The second-order valence-electron chi connectivity index (χ2n) is 14.5. The number of aromatic hydroxyl groups is 1. The van der Waals surface area contributed by atoms with Crippen LogP contribution in [0, 0.1) is 6.92 Å². The number of rotatable bonds is 13. The molecule has 0 saturated carbocycles. The molecule has 0 saturated heterocycles. The van der Waals surface area contributed by atoms with E-state index >= 15 is 0 Å². The number of amides is 2. The lowest BCUT2D eigenvalue weighted by molar-refractivity contribution is 0.209. The zero-order chi connectivity index (χ0) is 44.3. The molecule has 0 bridgehead atoms. The van der Waals surface area contributed by atoms with Crippen LogP contribution in [-0.2, 0) is 0 Å². The number of benzene rings is 8. The molecule has 8 aromatic rings. The number of aliphatic imine (C=N–C) groups is 2. The number of phenols is 1. The Morgan fingerprint density at radius 3 is 1.39 bits per heavy atom. The molecule has 64 heavy (non-hydrogen) atoms. The van der Waals surface area contributed by atoms with Gasteiger partial charge in [0, 0.05) is 57.9 Å². The van der Waals surface area contributed by atoms with Crippen molar-refractivity contribution in [2.45, 2.75) is 6.92 Å². The molecule has 0 aliphatic carbocycles. The molecule has 0 unspecified atom stereocenters. The summed E-state index contributed by atoms with van der Waals surface area (Å²) in [6.45, 7) is 1.76. The summed E-state index contributed by atoms with van der Waals surface area (Å²) in [6, 6.07) is 63.8. The van der Waals surface area contributed by atoms with Crippen LogP contribution in [0.5, 0.6) is 11.5 Å². The maximum absolute atomic E-state index is 12.6. The molecular weight excluding hydrogens is 801 g/mol. The number of phenolic OH excluding ortho intramolecular Hbond substituents is 1. The summed E-state index contributed by atoms with van der Waals surface area (Å²) < 4.78 is 5.44. The second-order valence-corrected chi connectivity index (χ2v) is 14.5. The molecule has 2 amide bonds. The third kappa shape index (κ3) is 10.7. The molecular formula is C53H42N6O5. The summed E-state index contributed by atoms with van der Waals surface area (Å²) in [7, 11) is 0. The predicted molar refractivity (Wildman–Crippen MR) is 257 cm³/mol. The molecule has 0 radical (unpaired) electrons. The molecule has 0 aliphatic rings. The molecule has 0 fully saturated rings. The first-order valence-electron chi connectivity index (χ1n) is 20.3. The van der Waals surface area contributed by atoms with E-state index in [9.17, 15) is 14.7 Å². The van der Waals surface area contributed by atoms with Gasteiger partial charge in [-0.1, -0.05) is 42.5 Å². The SMILES string of the molecule is Cc1ccc(NC(=O)Oc2ccc(C=Nc3ccc(N(c4ccc(N=Cc5ccc(O)cc5)cc4)c4ccc(N(c5ccccc5)c5ccccc5)cc4)cc3)cc2)cc1NC(=O)O. The summed E-state index contributed by atoms with van der Waals surface area (Å²) in [5.74, 6) is 0.534. The highest BCUT2D eigenvalue weighted by atomic mass is 16.6. The highest BCUT2D eigenvalue weighted by Crippen LogP contribution is 2.40. The Morgan fingerprint density at radius 1 is 0.516 bits per heavy atom. The van der Waals surface area contributed by atoms with Gasteiger partial charge in [-0.15, -0.1) is 0 Å². The standard InChI is InChI=1S/C53H42N6O5/c1-37-12-17-42(34-51(37)57-52(61)62)56-53(63)64-50-32-15-39(16-33-50)36-55-41-20-24-46(25-21-41)59(45-22-18-40(19-23-45)54-35-38-13-30-49(60)31-14-38)48-28-26-47(27-29-48)58(43-8-4-2-5-9-43)44-10-6-3-7-11-44/h2-36,57,60H,1H3,(H,56,63)(H,61,62). The Kier molecular flexibility index (Phi) is 12.8. The third-order valence-corrected chi connectivity index (χ3v) is 10.0. The van der Waals surface area contributed by atoms with Gasteiger partial charge in [0.05, 0.1) is 11.4 Å². The van der Waals surface area contributed by atoms with Crippen LogP contribution in [0.3, 0.4) is 0 Å². The monoisotopic (exact) mass is 842 g/mol. The van der Waals surface area contributed by atoms with E-state index < -0.39 is 12.2 Å². The van der Waals surface area contributed by atoms with E-state index in [1.54, 1.807) is 67.9 Å². The van der Waals surface area contributed by atoms with Crippen molar-refractivity contribution in [3.05, 3.63) is 217 Å². The van der Waals surface area contributed by atoms with Crippen molar-refractivity contribution in [2.24, 2.45) is 9.98 Å². The summed E-state index contributed by atoms with van der Waals surface area (Å²) in [4.78, 5) is 37.5. The Balaban J connectivity index is 1.00. The quantitative estimate of drug-likeness (QED) is 0.0848. The van der Waals surface area contributed by atoms with Crippen LogP contribution in [0.15, 0.2) is 210 Å². The molecule has 314 valence electrons. The third-order valence-electron chi connectivity index (χ3n) is 10.0. The molecule has 11 heteroatoms. The van der Waals surface area contributed by atoms with Crippen LogP contribution in [0.1, 0.15) is 16.7 Å². The molecule has 11 nitrogen and oxygen atoms in total. The zero-order valence-corrected chi connectivity index (χ0v) is 34.6. The molecule has 0 atom stereocenters. The highest BCUT2D eigenvalue weighted by molar-refractivity contribution is 5.90. The van der Waals surface area contributed by atoms with Gasteiger partial charge in [0.1, 0.15) is 11.5 Å². The first-order chi connectivity index (χ1) is 31.2. The van der Waals surface area contributed by atoms with Crippen LogP contribution < -0.4 is 25.2 Å². The van der Waals surface area contributed by atoms with Crippen molar-refractivity contribution in [1.82, 2.24) is 0 Å². The van der Waals surface area contributed by atoms with Crippen LogP contribution >= 0.6 is 0 Å². The first-order valence-corrected chi connectivity index (χ1v) is 20.3. The number of anilines is 8. The average Bonchev–Trinajstić information content (AvgIpc) is 3.32. The van der Waals surface area contributed by atoms with Gasteiger partial charge in [-0.3, -0.25) is 20.6 Å². The topological polar surface area (TPSA) is 139 Å². The van der Waals surface area contributed by atoms with Crippen molar-refractivity contribution in [2.75, 3.05) is 20.4 Å². The van der Waals surface area contributed by atoms with Crippen molar-refractivity contribution >= 4 is 81.5 Å². The largest absolute Gasteiger partial charge is 0.508 e. The average molecular weight is 843 g/mol. The van der Waals surface area contributed by atoms with Crippen LogP contribution in [0.2, 0.25) is 0 Å². The number of carbonyl (C=O) groups excluding carboxylic acids is 1. The van der Waals surface area contributed by atoms with Crippen LogP contribution in [-0.4, -0.2) is 34.8 Å². The molecule has 8 rings (SSSR count). The predicted octanol–water partition coefficient (Wildman–Crippen LogP) is 13.8. The van der Waals surface area contributed by atoms with E-state index in [1.165, 1.54) is 6.07 Å². The van der Waals surface area contributed by atoms with Gasteiger partial charge < -0.3 is 24.7 Å². The summed E-state index contributed by atoms with van der Waals surface area (Å²) in [6.07, 6.45) is 1.59. The lowest BCUT2D eigenvalue weighted by atomic mass is 10.1. The Labute approximate surface area is 370 Å². The molecule has 8 aromatic carbocycles. The fourth-order valence-electron chi connectivity index (χ4n) is 6.86. The smallest absolute Gasteiger partial charge is 0.417 e. The van der Waals surface area contributed by atoms with Crippen molar-refractivity contribution in [3.63, 3.8) is 0 Å². The van der Waals surface area contributed by atoms with E-state index in [1.807, 2.05) is 97.1 Å². The molecule has 4 N–H and O–H groups in total. The lowest BCUT2D eigenvalue weighted by Crippen LogP contribution is -2.17. The maximum Gasteiger partial charge on any atom is 0.417 e. The minimum Gasteiger partial charge on any atom is -0.508 e. The number of ether oxygens (including phenoxy) is 1. The number of aryl methyl sites for hydroxylation is 1.